The SMILES string of the molecule is CCC(=C1C=CC=C1)C1(C#N)CCC2C3CCC4=CC(=C5C=CC=C5)CCC4(C)C3C(=C3C=CC=C3)CC21C. The van der Waals surface area contributed by atoms with Gasteiger partial charge in [-0.25, -0.2) is 0 Å². The Bertz CT molecular complexity index is 1430. The number of hydrogen-bond acceptors (Lipinski definition) is 1. The van der Waals surface area contributed by atoms with Gasteiger partial charge in [0, 0.05) is 0 Å². The first-order valence-corrected chi connectivity index (χ1v) is 15.3. The molecule has 0 heterocycles. The lowest BCUT2D eigenvalue weighted by molar-refractivity contribution is -0.0223. The number of fused-ring (bicyclic) bond motifs is 5. The van der Waals surface area contributed by atoms with Gasteiger partial charge in [0.25, 0.3) is 0 Å². The number of nitrogens with zero attached hydrogens (tertiary/aromatic N) is 1. The Hall–Kier alpha value is -3.11. The van der Waals surface area contributed by atoms with E-state index in [-0.39, 0.29) is 10.8 Å². The molecule has 1 heteroatoms. The molecule has 7 aliphatic rings. The Labute approximate surface area is 235 Å². The van der Waals surface area contributed by atoms with Crippen molar-refractivity contribution in [3.05, 3.63) is 118 Å². The standard InChI is InChI=1S/C38H41N/c1-4-33(28-15-9-10-16-28)38(25-39)22-20-34-31-18-17-30-23-29(26-11-5-6-12-26)19-21-36(30,2)35(31)32(24-37(34,38)3)27-13-7-8-14-27/h5-16,23,31,34-35H,4,17-22,24H2,1-3H3. The summed E-state index contributed by atoms with van der Waals surface area (Å²) in [5.74, 6) is 1.80. The lowest BCUT2D eigenvalue weighted by atomic mass is 9.43. The molecule has 3 saturated carbocycles. The second-order valence-electron chi connectivity index (χ2n) is 13.4. The van der Waals surface area contributed by atoms with E-state index in [4.69, 9.17) is 0 Å². The minimum atomic E-state index is -0.397. The van der Waals surface area contributed by atoms with Crippen molar-refractivity contribution < 1.29 is 0 Å². The van der Waals surface area contributed by atoms with E-state index >= 15 is 0 Å². The lowest BCUT2D eigenvalue weighted by Crippen LogP contribution is -2.54. The van der Waals surface area contributed by atoms with E-state index in [2.05, 4.69) is 106 Å². The normalized spacial score (nSPS) is 39.4. The van der Waals surface area contributed by atoms with E-state index < -0.39 is 5.41 Å². The van der Waals surface area contributed by atoms with Crippen molar-refractivity contribution in [1.29, 1.82) is 5.26 Å². The zero-order chi connectivity index (χ0) is 26.8. The smallest absolute Gasteiger partial charge is 0.0850 e. The van der Waals surface area contributed by atoms with E-state index in [1.807, 2.05) is 0 Å². The van der Waals surface area contributed by atoms with Crippen LogP contribution in [0.2, 0.25) is 0 Å². The summed E-state index contributed by atoms with van der Waals surface area (Å²) < 4.78 is 0. The quantitative estimate of drug-likeness (QED) is 0.362. The Morgan fingerprint density at radius 2 is 1.54 bits per heavy atom. The second-order valence-corrected chi connectivity index (χ2v) is 13.4. The minimum Gasteiger partial charge on any atom is -0.197 e. The predicted octanol–water partition coefficient (Wildman–Crippen LogP) is 9.75. The van der Waals surface area contributed by atoms with Crippen LogP contribution < -0.4 is 0 Å². The van der Waals surface area contributed by atoms with Crippen molar-refractivity contribution in [2.45, 2.75) is 72.1 Å². The molecule has 7 aliphatic carbocycles. The number of rotatable bonds is 2. The third-order valence-corrected chi connectivity index (χ3v) is 12.1. The molecule has 0 aliphatic heterocycles. The number of allylic oxidation sites excluding steroid dienone is 20. The molecule has 0 aromatic rings. The monoisotopic (exact) mass is 511 g/mol. The first-order chi connectivity index (χ1) is 18.9. The van der Waals surface area contributed by atoms with Gasteiger partial charge in [-0.05, 0) is 108 Å². The van der Waals surface area contributed by atoms with Crippen LogP contribution >= 0.6 is 0 Å². The molecule has 0 N–H and O–H groups in total. The summed E-state index contributed by atoms with van der Waals surface area (Å²) in [7, 11) is 0. The summed E-state index contributed by atoms with van der Waals surface area (Å²) in [4.78, 5) is 0. The first-order valence-electron chi connectivity index (χ1n) is 15.3. The fraction of sp³-hybridized carbons (Fsp3) is 0.447. The third-order valence-electron chi connectivity index (χ3n) is 12.1. The first kappa shape index (κ1) is 24.9. The zero-order valence-electron chi connectivity index (χ0n) is 23.8. The molecule has 6 unspecified atom stereocenters. The van der Waals surface area contributed by atoms with Crippen molar-refractivity contribution in [3.63, 3.8) is 0 Å². The Morgan fingerprint density at radius 1 is 0.872 bits per heavy atom. The Morgan fingerprint density at radius 3 is 2.21 bits per heavy atom. The number of nitriles is 1. The van der Waals surface area contributed by atoms with Gasteiger partial charge in [0.15, 0.2) is 0 Å². The molecule has 3 fully saturated rings. The van der Waals surface area contributed by atoms with Crippen LogP contribution in [0.3, 0.4) is 0 Å². The highest BCUT2D eigenvalue weighted by Crippen LogP contribution is 2.73. The summed E-state index contributed by atoms with van der Waals surface area (Å²) in [6.07, 6.45) is 38.4. The van der Waals surface area contributed by atoms with Gasteiger partial charge in [0.05, 0.1) is 11.5 Å². The summed E-state index contributed by atoms with van der Waals surface area (Å²) in [5.41, 5.74) is 10.1. The highest BCUT2D eigenvalue weighted by Gasteiger charge is 2.67. The number of hydrogen-bond donors (Lipinski definition) is 0. The summed E-state index contributed by atoms with van der Waals surface area (Å²) in [5, 5.41) is 11.1. The van der Waals surface area contributed by atoms with Crippen molar-refractivity contribution in [3.8, 4) is 6.07 Å². The van der Waals surface area contributed by atoms with Crippen molar-refractivity contribution in [2.24, 2.45) is 34.0 Å². The second kappa shape index (κ2) is 8.96. The molecule has 1 nitrogen and oxygen atoms in total. The zero-order valence-corrected chi connectivity index (χ0v) is 23.8. The van der Waals surface area contributed by atoms with Gasteiger partial charge in [0.2, 0.25) is 0 Å². The largest absolute Gasteiger partial charge is 0.197 e. The van der Waals surface area contributed by atoms with Gasteiger partial charge in [-0.1, -0.05) is 111 Å². The predicted molar refractivity (Wildman–Crippen MR) is 161 cm³/mol. The van der Waals surface area contributed by atoms with Crippen LogP contribution in [0.15, 0.2) is 118 Å². The molecule has 0 aromatic heterocycles. The summed E-state index contributed by atoms with van der Waals surface area (Å²) >= 11 is 0. The van der Waals surface area contributed by atoms with Gasteiger partial charge in [-0.2, -0.15) is 5.26 Å². The van der Waals surface area contributed by atoms with Gasteiger partial charge in [-0.3, -0.25) is 0 Å². The van der Waals surface area contributed by atoms with E-state index in [1.54, 1.807) is 11.1 Å². The molecule has 0 spiro atoms. The fourth-order valence-corrected chi connectivity index (χ4v) is 10.3. The average Bonchev–Trinajstić information content (AvgIpc) is 3.76. The van der Waals surface area contributed by atoms with E-state index in [0.29, 0.717) is 17.8 Å². The van der Waals surface area contributed by atoms with Gasteiger partial charge >= 0.3 is 0 Å². The molecule has 39 heavy (non-hydrogen) atoms. The highest BCUT2D eigenvalue weighted by molar-refractivity contribution is 5.54. The van der Waals surface area contributed by atoms with E-state index in [9.17, 15) is 5.26 Å². The Kier molecular flexibility index (Phi) is 5.72. The van der Waals surface area contributed by atoms with Gasteiger partial charge in [0.1, 0.15) is 0 Å². The van der Waals surface area contributed by atoms with Gasteiger partial charge in [-0.15, -0.1) is 0 Å². The van der Waals surface area contributed by atoms with Crippen LogP contribution in [0.4, 0.5) is 0 Å². The molecule has 0 amide bonds. The molecule has 7 rings (SSSR count). The topological polar surface area (TPSA) is 23.8 Å². The maximum absolute atomic E-state index is 11.1. The average molecular weight is 512 g/mol. The molecular weight excluding hydrogens is 470 g/mol. The van der Waals surface area contributed by atoms with Crippen molar-refractivity contribution >= 4 is 0 Å². The molecule has 0 aromatic carbocycles. The summed E-state index contributed by atoms with van der Waals surface area (Å²) in [6.45, 7) is 7.39. The van der Waals surface area contributed by atoms with Gasteiger partial charge < -0.3 is 0 Å². The van der Waals surface area contributed by atoms with Crippen molar-refractivity contribution in [2.75, 3.05) is 0 Å². The molecule has 6 atom stereocenters. The van der Waals surface area contributed by atoms with Crippen LogP contribution in [-0.2, 0) is 0 Å². The van der Waals surface area contributed by atoms with Crippen LogP contribution in [0, 0.1) is 45.3 Å². The molecule has 0 radical (unpaired) electrons. The van der Waals surface area contributed by atoms with E-state index in [1.165, 1.54) is 53.5 Å². The maximum Gasteiger partial charge on any atom is 0.0850 e. The highest BCUT2D eigenvalue weighted by atomic mass is 14.7. The molecule has 0 bridgehead atoms. The lowest BCUT2D eigenvalue weighted by Gasteiger charge is -2.61. The van der Waals surface area contributed by atoms with Crippen LogP contribution in [0.5, 0.6) is 0 Å². The summed E-state index contributed by atoms with van der Waals surface area (Å²) in [6, 6.07) is 3.04. The fourth-order valence-electron chi connectivity index (χ4n) is 10.3. The third kappa shape index (κ3) is 3.37. The van der Waals surface area contributed by atoms with Crippen LogP contribution in [0.1, 0.15) is 72.1 Å². The van der Waals surface area contributed by atoms with Crippen molar-refractivity contribution in [1.82, 2.24) is 0 Å². The maximum atomic E-state index is 11.1. The van der Waals surface area contributed by atoms with Crippen LogP contribution in [0.25, 0.3) is 0 Å². The molecule has 198 valence electrons. The Balaban J connectivity index is 1.38. The molecular formula is C38H41N. The molecule has 0 saturated heterocycles. The van der Waals surface area contributed by atoms with E-state index in [0.717, 1.165) is 25.7 Å². The minimum absolute atomic E-state index is 0.0447. The van der Waals surface area contributed by atoms with Crippen LogP contribution in [-0.4, -0.2) is 0 Å².